The number of benzene rings is 3. The number of carbonyl (C=O) groups is 5. The van der Waals surface area contributed by atoms with Gasteiger partial charge in [-0.1, -0.05) is 17.7 Å². The molecule has 312 valence electrons. The maximum Gasteiger partial charge on any atom is 0.262 e. The third kappa shape index (κ3) is 7.60. The van der Waals surface area contributed by atoms with Gasteiger partial charge in [-0.15, -0.1) is 0 Å². The van der Waals surface area contributed by atoms with Crippen LogP contribution in [0.5, 0.6) is 0 Å². The van der Waals surface area contributed by atoms with E-state index in [1.165, 1.54) is 0 Å². The van der Waals surface area contributed by atoms with E-state index in [9.17, 15) is 24.0 Å². The van der Waals surface area contributed by atoms with Gasteiger partial charge in [-0.2, -0.15) is 0 Å². The Morgan fingerprint density at radius 3 is 2.15 bits per heavy atom. The van der Waals surface area contributed by atoms with Crippen LogP contribution in [0, 0.1) is 17.9 Å². The molecular weight excluding hydrogens is 780 g/mol. The van der Waals surface area contributed by atoms with E-state index in [1.54, 1.807) is 12.1 Å². The molecule has 3 aromatic rings. The number of piperazine rings is 1. The van der Waals surface area contributed by atoms with Gasteiger partial charge in [0.1, 0.15) is 6.04 Å². The number of rotatable bonds is 7. The second-order valence-electron chi connectivity index (χ2n) is 17.7. The third-order valence-corrected chi connectivity index (χ3v) is 14.3. The van der Waals surface area contributed by atoms with Crippen LogP contribution in [0.25, 0.3) is 4.85 Å². The van der Waals surface area contributed by atoms with E-state index in [2.05, 4.69) is 48.8 Å². The van der Waals surface area contributed by atoms with Crippen LogP contribution < -0.4 is 20.0 Å². The van der Waals surface area contributed by atoms with Gasteiger partial charge in [0.2, 0.25) is 17.5 Å². The van der Waals surface area contributed by atoms with Crippen LogP contribution in [0.4, 0.5) is 22.7 Å². The van der Waals surface area contributed by atoms with E-state index < -0.39 is 29.7 Å². The van der Waals surface area contributed by atoms with Gasteiger partial charge < -0.3 is 19.6 Å². The maximum atomic E-state index is 13.6. The van der Waals surface area contributed by atoms with E-state index in [1.807, 2.05) is 41.3 Å². The molecule has 9 rings (SSSR count). The molecule has 6 heterocycles. The summed E-state index contributed by atoms with van der Waals surface area (Å²) in [6.45, 7) is 18.3. The van der Waals surface area contributed by atoms with Crippen molar-refractivity contribution in [2.75, 3.05) is 80.1 Å². The summed E-state index contributed by atoms with van der Waals surface area (Å²) in [5, 5.41) is 2.76. The smallest absolute Gasteiger partial charge is 0.262 e. The van der Waals surface area contributed by atoms with Gasteiger partial charge in [0.05, 0.1) is 17.7 Å². The number of fused-ring (bicyclic) bond motifs is 1. The SMILES string of the molecule is [C-]#[N+]c1ccc(N2CC3(CCN(c4ccc(C(=O)N5CCN(CC6CCN(c7ccc8c(c7)C(=O)N(C7CCC(=O)NC7=O)C8=O)CC6)CC5)cc4)CC3)CC2C)cc1Cl. The van der Waals surface area contributed by atoms with Gasteiger partial charge >= 0.3 is 0 Å². The zero-order valence-electron chi connectivity index (χ0n) is 34.1. The van der Waals surface area contributed by atoms with Crippen molar-refractivity contribution in [1.29, 1.82) is 0 Å². The van der Waals surface area contributed by atoms with E-state index >= 15 is 0 Å². The van der Waals surface area contributed by atoms with E-state index in [0.717, 1.165) is 112 Å². The van der Waals surface area contributed by atoms with Crippen molar-refractivity contribution < 1.29 is 24.0 Å². The van der Waals surface area contributed by atoms with Gasteiger partial charge in [0.15, 0.2) is 0 Å². The minimum absolute atomic E-state index is 0.0893. The summed E-state index contributed by atoms with van der Waals surface area (Å²) in [5.41, 5.74) is 5.25. The van der Waals surface area contributed by atoms with Gasteiger partial charge in [-0.3, -0.25) is 39.1 Å². The quantitative estimate of drug-likeness (QED) is 0.231. The first-order valence-corrected chi connectivity index (χ1v) is 21.8. The third-order valence-electron chi connectivity index (χ3n) is 14.0. The minimum Gasteiger partial charge on any atom is -0.371 e. The molecule has 6 aliphatic rings. The Hall–Kier alpha value is -5.45. The summed E-state index contributed by atoms with van der Waals surface area (Å²) in [6, 6.07) is 18.8. The van der Waals surface area contributed by atoms with E-state index in [-0.39, 0.29) is 24.2 Å². The van der Waals surface area contributed by atoms with Crippen LogP contribution in [0.1, 0.15) is 82.9 Å². The molecule has 0 aromatic heterocycles. The molecule has 0 radical (unpaired) electrons. The molecule has 2 unspecified atom stereocenters. The predicted octanol–water partition coefficient (Wildman–Crippen LogP) is 5.85. The Bertz CT molecular complexity index is 2250. The molecule has 5 saturated heterocycles. The molecule has 60 heavy (non-hydrogen) atoms. The van der Waals surface area contributed by atoms with Crippen molar-refractivity contribution in [2.45, 2.75) is 64.0 Å². The summed E-state index contributed by atoms with van der Waals surface area (Å²) in [4.78, 5) is 80.3. The number of anilines is 3. The second-order valence-corrected chi connectivity index (χ2v) is 18.1. The Morgan fingerprint density at radius 1 is 0.800 bits per heavy atom. The number of amides is 5. The van der Waals surface area contributed by atoms with Crippen molar-refractivity contribution >= 4 is 63.9 Å². The lowest BCUT2D eigenvalue weighted by atomic mass is 9.76. The summed E-state index contributed by atoms with van der Waals surface area (Å²) in [6.07, 6.45) is 5.60. The highest BCUT2D eigenvalue weighted by Crippen LogP contribution is 2.46. The molecule has 3 aromatic carbocycles. The first kappa shape index (κ1) is 40.0. The Kier molecular flexibility index (Phi) is 10.8. The number of halogens is 1. The normalized spacial score (nSPS) is 23.6. The fraction of sp³-hybridized carbons (Fsp3) is 0.478. The van der Waals surface area contributed by atoms with Crippen molar-refractivity contribution in [3.05, 3.63) is 93.8 Å². The summed E-state index contributed by atoms with van der Waals surface area (Å²) in [7, 11) is 0. The van der Waals surface area contributed by atoms with Crippen LogP contribution in [-0.2, 0) is 9.59 Å². The number of carbonyl (C=O) groups excluding carboxylic acids is 5. The van der Waals surface area contributed by atoms with Gasteiger partial charge in [0.25, 0.3) is 17.7 Å². The lowest BCUT2D eigenvalue weighted by Crippen LogP contribution is -2.54. The lowest BCUT2D eigenvalue weighted by Gasteiger charge is -2.40. The molecule has 14 heteroatoms. The number of nitrogens with zero attached hydrogens (tertiary/aromatic N) is 7. The molecule has 1 spiro atoms. The maximum absolute atomic E-state index is 13.6. The fourth-order valence-electron chi connectivity index (χ4n) is 10.6. The topological polar surface area (TPSA) is 121 Å². The molecule has 13 nitrogen and oxygen atoms in total. The Labute approximate surface area is 356 Å². The molecule has 0 saturated carbocycles. The molecule has 1 N–H and O–H groups in total. The number of hydrogen-bond acceptors (Lipinski definition) is 9. The molecule has 0 bridgehead atoms. The van der Waals surface area contributed by atoms with Crippen molar-refractivity contribution in [3.63, 3.8) is 0 Å². The molecule has 2 atom stereocenters. The standard InChI is InChI=1S/C46H51ClN8O5/c1-30-27-46(29-54(30)35-8-10-39(48-2)38(47)26-35)15-19-52(20-16-46)33-5-3-32(4-6-33)43(58)53-23-21-50(22-24-53)28-31-13-17-51(18-14-31)34-7-9-36-37(25-34)45(60)55(44(36)59)40-11-12-41(56)49-42(40)57/h3-10,25-26,30-31,40H,11-24,27-29H2,1H3,(H,49,56,57). The monoisotopic (exact) mass is 830 g/mol. The molecule has 0 aliphatic carbocycles. The molecule has 6 aliphatic heterocycles. The summed E-state index contributed by atoms with van der Waals surface area (Å²) in [5.74, 6) is -1.35. The zero-order valence-corrected chi connectivity index (χ0v) is 34.8. The number of nitrogens with one attached hydrogen (secondary N) is 1. The Morgan fingerprint density at radius 2 is 1.47 bits per heavy atom. The lowest BCUT2D eigenvalue weighted by molar-refractivity contribution is -0.136. The first-order chi connectivity index (χ1) is 29.0. The summed E-state index contributed by atoms with van der Waals surface area (Å²) < 4.78 is 0. The Balaban J connectivity index is 0.717. The van der Waals surface area contributed by atoms with Gasteiger partial charge in [0, 0.05) is 106 Å². The van der Waals surface area contributed by atoms with Crippen LogP contribution >= 0.6 is 11.6 Å². The van der Waals surface area contributed by atoms with E-state index in [4.69, 9.17) is 18.2 Å². The highest BCUT2D eigenvalue weighted by Gasteiger charge is 2.46. The second kappa shape index (κ2) is 16.2. The van der Waals surface area contributed by atoms with Gasteiger partial charge in [-0.25, -0.2) is 4.85 Å². The average Bonchev–Trinajstić information content (AvgIpc) is 3.71. The van der Waals surface area contributed by atoms with Crippen LogP contribution in [-0.4, -0.2) is 122 Å². The van der Waals surface area contributed by atoms with E-state index in [0.29, 0.717) is 46.9 Å². The van der Waals surface area contributed by atoms with Crippen molar-refractivity contribution in [1.82, 2.24) is 20.0 Å². The van der Waals surface area contributed by atoms with Crippen LogP contribution in [0.3, 0.4) is 0 Å². The van der Waals surface area contributed by atoms with Crippen molar-refractivity contribution in [3.8, 4) is 0 Å². The molecule has 5 fully saturated rings. The fourth-order valence-corrected chi connectivity index (χ4v) is 10.8. The van der Waals surface area contributed by atoms with Gasteiger partial charge in [-0.05, 0) is 111 Å². The number of piperidine rings is 3. The summed E-state index contributed by atoms with van der Waals surface area (Å²) >= 11 is 6.39. The predicted molar refractivity (Wildman–Crippen MR) is 230 cm³/mol. The van der Waals surface area contributed by atoms with Crippen molar-refractivity contribution in [2.24, 2.45) is 11.3 Å². The minimum atomic E-state index is -0.972. The average molecular weight is 831 g/mol. The van der Waals surface area contributed by atoms with Crippen LogP contribution in [0.2, 0.25) is 5.02 Å². The first-order valence-electron chi connectivity index (χ1n) is 21.4. The highest BCUT2D eigenvalue weighted by atomic mass is 35.5. The molecule has 5 amide bonds. The largest absolute Gasteiger partial charge is 0.371 e. The number of imide groups is 2. The number of hydrogen-bond donors (Lipinski definition) is 1. The zero-order chi connectivity index (χ0) is 41.7. The molecular formula is C46H51ClN8O5. The van der Waals surface area contributed by atoms with Crippen LogP contribution in [0.15, 0.2) is 60.7 Å². The highest BCUT2D eigenvalue weighted by molar-refractivity contribution is 6.33.